The van der Waals surface area contributed by atoms with Crippen molar-refractivity contribution in [2.75, 3.05) is 0 Å². The van der Waals surface area contributed by atoms with Crippen molar-refractivity contribution in [3.63, 3.8) is 0 Å². The van der Waals surface area contributed by atoms with Crippen LogP contribution in [0.1, 0.15) is 66.5 Å². The number of para-hydroxylation sites is 1. The summed E-state index contributed by atoms with van der Waals surface area (Å²) >= 11 is 0. The van der Waals surface area contributed by atoms with Gasteiger partial charge in [-0.05, 0) is 22.0 Å². The Labute approximate surface area is 107 Å². The molecule has 0 atom stereocenters. The highest BCUT2D eigenvalue weighted by molar-refractivity contribution is 5.46. The zero-order valence-corrected chi connectivity index (χ0v) is 12.7. The maximum absolute atomic E-state index is 10.3. The third-order valence-corrected chi connectivity index (χ3v) is 2.65. The fourth-order valence-electron chi connectivity index (χ4n) is 1.75. The zero-order valence-electron chi connectivity index (χ0n) is 12.7. The van der Waals surface area contributed by atoms with Gasteiger partial charge in [-0.2, -0.15) is 0 Å². The fourth-order valence-corrected chi connectivity index (χ4v) is 1.75. The Morgan fingerprint density at radius 3 is 1.29 bits per heavy atom. The van der Waals surface area contributed by atoms with E-state index in [0.717, 1.165) is 11.1 Å². The highest BCUT2D eigenvalue weighted by Crippen LogP contribution is 2.38. The van der Waals surface area contributed by atoms with Crippen LogP contribution in [-0.2, 0) is 10.8 Å². The van der Waals surface area contributed by atoms with E-state index >= 15 is 0 Å². The molecule has 0 aromatic heterocycles. The molecule has 0 aliphatic heterocycles. The van der Waals surface area contributed by atoms with Crippen LogP contribution < -0.4 is 0 Å². The van der Waals surface area contributed by atoms with E-state index in [1.54, 1.807) is 0 Å². The molecule has 0 unspecified atom stereocenters. The van der Waals surface area contributed by atoms with Crippen molar-refractivity contribution in [1.82, 2.24) is 0 Å². The molecule has 0 spiro atoms. The first kappa shape index (κ1) is 16.0. The molecule has 1 heteroatoms. The molecule has 0 aliphatic rings. The summed E-state index contributed by atoms with van der Waals surface area (Å²) in [6.45, 7) is 16.7. The second-order valence-electron chi connectivity index (χ2n) is 6.20. The predicted molar refractivity (Wildman–Crippen MR) is 76.9 cm³/mol. The Kier molecular flexibility index (Phi) is 5.25. The summed E-state index contributed by atoms with van der Waals surface area (Å²) in [7, 11) is 0. The number of benzene rings is 1. The lowest BCUT2D eigenvalue weighted by Crippen LogP contribution is -2.16. The first-order valence-electron chi connectivity index (χ1n) is 6.47. The summed E-state index contributed by atoms with van der Waals surface area (Å²) in [4.78, 5) is 0. The van der Waals surface area contributed by atoms with Gasteiger partial charge in [0, 0.05) is 0 Å². The van der Waals surface area contributed by atoms with Crippen LogP contribution in [0, 0.1) is 0 Å². The van der Waals surface area contributed by atoms with E-state index in [9.17, 15) is 5.11 Å². The lowest BCUT2D eigenvalue weighted by atomic mass is 9.80. The van der Waals surface area contributed by atoms with Crippen LogP contribution in [0.4, 0.5) is 0 Å². The SMILES string of the molecule is CC.CC(C)(C)c1cccc(C(C)(C)C)c1O. The second-order valence-corrected chi connectivity index (χ2v) is 6.20. The Bertz CT molecular complexity index is 319. The first-order valence-corrected chi connectivity index (χ1v) is 6.47. The summed E-state index contributed by atoms with van der Waals surface area (Å²) in [5, 5.41) is 10.3. The smallest absolute Gasteiger partial charge is 0.123 e. The molecule has 0 fully saturated rings. The number of hydrogen-bond donors (Lipinski definition) is 1. The number of rotatable bonds is 0. The largest absolute Gasteiger partial charge is 0.507 e. The standard InChI is InChI=1S/C14H22O.C2H6/c1-13(2,3)10-8-7-9-11(12(10)15)14(4,5)6;1-2/h7-9,15H,1-6H3;1-2H3. The van der Waals surface area contributed by atoms with Crippen molar-refractivity contribution in [1.29, 1.82) is 0 Å². The van der Waals surface area contributed by atoms with Crippen LogP contribution in [0.2, 0.25) is 0 Å². The third kappa shape index (κ3) is 4.07. The molecule has 17 heavy (non-hydrogen) atoms. The quantitative estimate of drug-likeness (QED) is 0.671. The molecule has 1 aromatic carbocycles. The van der Waals surface area contributed by atoms with E-state index in [1.807, 2.05) is 32.0 Å². The molecule has 1 N–H and O–H groups in total. The van der Waals surface area contributed by atoms with Gasteiger partial charge in [0.25, 0.3) is 0 Å². The van der Waals surface area contributed by atoms with Gasteiger partial charge >= 0.3 is 0 Å². The maximum Gasteiger partial charge on any atom is 0.123 e. The van der Waals surface area contributed by atoms with Crippen LogP contribution in [0.5, 0.6) is 5.75 Å². The number of phenolic OH excluding ortho intramolecular Hbond substituents is 1. The number of aromatic hydroxyl groups is 1. The van der Waals surface area contributed by atoms with Crippen molar-refractivity contribution >= 4 is 0 Å². The minimum atomic E-state index is -0.00859. The van der Waals surface area contributed by atoms with Gasteiger partial charge in [0.1, 0.15) is 5.75 Å². The van der Waals surface area contributed by atoms with E-state index in [2.05, 4.69) is 41.5 Å². The van der Waals surface area contributed by atoms with Crippen LogP contribution in [0.15, 0.2) is 18.2 Å². The van der Waals surface area contributed by atoms with Gasteiger partial charge in [0.05, 0.1) is 0 Å². The Balaban J connectivity index is 0.00000121. The summed E-state index contributed by atoms with van der Waals surface area (Å²) in [5.74, 6) is 0.456. The number of hydrogen-bond acceptors (Lipinski definition) is 1. The van der Waals surface area contributed by atoms with Crippen molar-refractivity contribution in [3.05, 3.63) is 29.3 Å². The Morgan fingerprint density at radius 2 is 1.06 bits per heavy atom. The van der Waals surface area contributed by atoms with E-state index in [4.69, 9.17) is 0 Å². The molecule has 0 saturated heterocycles. The van der Waals surface area contributed by atoms with Gasteiger partial charge in [-0.1, -0.05) is 73.6 Å². The van der Waals surface area contributed by atoms with E-state index in [1.165, 1.54) is 0 Å². The lowest BCUT2D eigenvalue weighted by Gasteiger charge is -2.26. The molecule has 0 bridgehead atoms. The molecule has 0 saturated carbocycles. The van der Waals surface area contributed by atoms with Crippen molar-refractivity contribution in [2.45, 2.75) is 66.2 Å². The molecule has 0 aliphatic carbocycles. The summed E-state index contributed by atoms with van der Waals surface area (Å²) < 4.78 is 0. The molecule has 0 amide bonds. The molecule has 1 rings (SSSR count). The van der Waals surface area contributed by atoms with E-state index < -0.39 is 0 Å². The van der Waals surface area contributed by atoms with Crippen LogP contribution in [0.25, 0.3) is 0 Å². The molecule has 1 nitrogen and oxygen atoms in total. The minimum Gasteiger partial charge on any atom is -0.507 e. The van der Waals surface area contributed by atoms with Gasteiger partial charge in [-0.3, -0.25) is 0 Å². The lowest BCUT2D eigenvalue weighted by molar-refractivity contribution is 0.423. The molecule has 0 heterocycles. The molecule has 0 radical (unpaired) electrons. The van der Waals surface area contributed by atoms with Crippen molar-refractivity contribution in [3.8, 4) is 5.75 Å². The van der Waals surface area contributed by atoms with Crippen LogP contribution in [0.3, 0.4) is 0 Å². The average Bonchev–Trinajstić information content (AvgIpc) is 2.17. The zero-order chi connectivity index (χ0) is 13.9. The van der Waals surface area contributed by atoms with E-state index in [-0.39, 0.29) is 10.8 Å². The van der Waals surface area contributed by atoms with E-state index in [0.29, 0.717) is 5.75 Å². The highest BCUT2D eigenvalue weighted by Gasteiger charge is 2.24. The topological polar surface area (TPSA) is 20.2 Å². The third-order valence-electron chi connectivity index (χ3n) is 2.65. The predicted octanol–water partition coefficient (Wildman–Crippen LogP) is 5.01. The van der Waals surface area contributed by atoms with Gasteiger partial charge in [-0.15, -0.1) is 0 Å². The summed E-state index contributed by atoms with van der Waals surface area (Å²) in [6, 6.07) is 6.04. The van der Waals surface area contributed by atoms with Crippen LogP contribution >= 0.6 is 0 Å². The van der Waals surface area contributed by atoms with Gasteiger partial charge in [0.15, 0.2) is 0 Å². The molecular formula is C16H28O. The first-order chi connectivity index (χ1) is 7.64. The Hall–Kier alpha value is -0.980. The maximum atomic E-state index is 10.3. The van der Waals surface area contributed by atoms with Gasteiger partial charge in [0.2, 0.25) is 0 Å². The van der Waals surface area contributed by atoms with Gasteiger partial charge < -0.3 is 5.11 Å². The number of phenols is 1. The summed E-state index contributed by atoms with van der Waals surface area (Å²) in [5.41, 5.74) is 2.03. The Morgan fingerprint density at radius 1 is 0.765 bits per heavy atom. The minimum absolute atomic E-state index is 0.00859. The molecular weight excluding hydrogens is 208 g/mol. The van der Waals surface area contributed by atoms with Crippen molar-refractivity contribution in [2.24, 2.45) is 0 Å². The van der Waals surface area contributed by atoms with Gasteiger partial charge in [-0.25, -0.2) is 0 Å². The summed E-state index contributed by atoms with van der Waals surface area (Å²) in [6.07, 6.45) is 0. The highest BCUT2D eigenvalue weighted by atomic mass is 16.3. The normalized spacial score (nSPS) is 11.8. The van der Waals surface area contributed by atoms with Crippen molar-refractivity contribution < 1.29 is 5.11 Å². The molecule has 98 valence electrons. The average molecular weight is 236 g/mol. The monoisotopic (exact) mass is 236 g/mol. The van der Waals surface area contributed by atoms with Crippen LogP contribution in [-0.4, -0.2) is 5.11 Å². The second kappa shape index (κ2) is 5.57. The molecule has 1 aromatic rings. The fraction of sp³-hybridized carbons (Fsp3) is 0.625.